The van der Waals surface area contributed by atoms with Crippen LogP contribution in [0, 0.1) is 29.6 Å². The summed E-state index contributed by atoms with van der Waals surface area (Å²) < 4.78 is 66.2. The topological polar surface area (TPSA) is 35.0 Å². The molecule has 0 amide bonds. The van der Waals surface area contributed by atoms with Gasteiger partial charge in [0.05, 0.1) is 23.6 Å². The molecule has 2 aliphatic rings. The third-order valence-corrected chi connectivity index (χ3v) is 9.19. The van der Waals surface area contributed by atoms with Gasteiger partial charge in [0, 0.05) is 5.92 Å². The molecule has 2 aromatic heterocycles. The van der Waals surface area contributed by atoms with Crippen LogP contribution in [0.1, 0.15) is 128 Å². The zero-order valence-corrected chi connectivity index (χ0v) is 25.0. The minimum atomic E-state index is -3.27. The number of nitrogens with zero attached hydrogens (tertiary/aromatic N) is 2. The van der Waals surface area contributed by atoms with Crippen molar-refractivity contribution < 1.29 is 22.3 Å². The van der Waals surface area contributed by atoms with Crippen LogP contribution in [0.15, 0.2) is 18.2 Å². The second kappa shape index (κ2) is 15.3. The third-order valence-electron chi connectivity index (χ3n) is 9.19. The smallest absolute Gasteiger partial charge is 0.280 e. The van der Waals surface area contributed by atoms with Crippen molar-refractivity contribution in [3.05, 3.63) is 41.2 Å². The maximum atomic E-state index is 15.4. The number of halogens is 4. The fraction of sp³-hybridized carbons (Fsp3) is 0.706. The molecule has 7 heteroatoms. The van der Waals surface area contributed by atoms with Crippen LogP contribution in [0.5, 0.6) is 5.75 Å². The first-order valence-corrected chi connectivity index (χ1v) is 16.2. The van der Waals surface area contributed by atoms with Crippen LogP contribution in [0.25, 0.3) is 11.4 Å². The van der Waals surface area contributed by atoms with E-state index in [9.17, 15) is 4.39 Å². The summed E-state index contributed by atoms with van der Waals surface area (Å²) in [7, 11) is 0. The van der Waals surface area contributed by atoms with E-state index in [1.807, 2.05) is 0 Å². The molecule has 0 aromatic carbocycles. The number of unbranched alkanes of at least 4 members (excludes halogenated alkanes) is 8. The summed E-state index contributed by atoms with van der Waals surface area (Å²) >= 11 is 0. The second-order valence-corrected chi connectivity index (χ2v) is 12.3. The molecule has 228 valence electrons. The Hall–Kier alpha value is -2.18. The van der Waals surface area contributed by atoms with Crippen LogP contribution in [-0.4, -0.2) is 16.6 Å². The Bertz CT molecular complexity index is 1100. The van der Waals surface area contributed by atoms with Crippen molar-refractivity contribution in [1.82, 2.24) is 9.97 Å². The van der Waals surface area contributed by atoms with E-state index in [-0.39, 0.29) is 22.7 Å². The monoisotopic (exact) mass is 576 g/mol. The van der Waals surface area contributed by atoms with Crippen LogP contribution in [0.4, 0.5) is 17.6 Å². The number of fused-ring (bicyclic) bond motifs is 1. The summed E-state index contributed by atoms with van der Waals surface area (Å²) in [5.74, 6) is -4.32. The van der Waals surface area contributed by atoms with Gasteiger partial charge in [-0.3, -0.25) is 0 Å². The predicted octanol–water partition coefficient (Wildman–Crippen LogP) is 10.6. The van der Waals surface area contributed by atoms with Gasteiger partial charge in [-0.25, -0.2) is 18.7 Å². The molecule has 2 aromatic rings. The van der Waals surface area contributed by atoms with Gasteiger partial charge in [-0.05, 0) is 74.1 Å². The van der Waals surface area contributed by atoms with Crippen LogP contribution >= 0.6 is 0 Å². The van der Waals surface area contributed by atoms with Gasteiger partial charge in [-0.2, -0.15) is 8.78 Å². The normalized spacial score (nSPS) is 18.7. The van der Waals surface area contributed by atoms with Crippen molar-refractivity contribution in [2.24, 2.45) is 17.8 Å². The molecule has 0 bridgehead atoms. The van der Waals surface area contributed by atoms with E-state index in [4.69, 9.17) is 4.74 Å². The van der Waals surface area contributed by atoms with E-state index in [0.717, 1.165) is 56.8 Å². The van der Waals surface area contributed by atoms with E-state index in [2.05, 4.69) is 23.8 Å². The average Bonchev–Trinajstić information content (AvgIpc) is 3.79. The van der Waals surface area contributed by atoms with Crippen molar-refractivity contribution in [1.29, 1.82) is 0 Å². The standard InChI is InChI=1S/C34H48F4N2O/c1-3-5-6-7-8-9-12-15-27-19-18-26-23-29(40-33(36)31(26)34(27,37)38)28-20-21-30(32(35)39-28)41-22-13-10-11-14-24(4-2)25-16-17-25/h20-21,23-25,27H,3-19,22H2,1-2H3. The number of hydrogen-bond acceptors (Lipinski definition) is 3. The SMILES string of the molecule is CCCCCCCCCC1CCc2cc(-c3ccc(OCCCCCC(CC)C4CC4)c(F)n3)nc(F)c2C1(F)F. The lowest BCUT2D eigenvalue weighted by Gasteiger charge is -2.33. The number of hydrogen-bond donors (Lipinski definition) is 0. The highest BCUT2D eigenvalue weighted by molar-refractivity contribution is 5.57. The third kappa shape index (κ3) is 8.67. The van der Waals surface area contributed by atoms with Gasteiger partial charge < -0.3 is 4.74 Å². The summed E-state index contributed by atoms with van der Waals surface area (Å²) in [4.78, 5) is 7.74. The maximum Gasteiger partial charge on any atom is 0.280 e. The van der Waals surface area contributed by atoms with Gasteiger partial charge in [0.1, 0.15) is 0 Å². The van der Waals surface area contributed by atoms with Gasteiger partial charge in [0.15, 0.2) is 5.75 Å². The largest absolute Gasteiger partial charge is 0.489 e. The lowest BCUT2D eigenvalue weighted by molar-refractivity contribution is -0.0824. The van der Waals surface area contributed by atoms with Crippen molar-refractivity contribution >= 4 is 0 Å². The number of rotatable bonds is 18. The minimum Gasteiger partial charge on any atom is -0.489 e. The zero-order valence-electron chi connectivity index (χ0n) is 25.0. The molecule has 2 aliphatic carbocycles. The quantitative estimate of drug-likeness (QED) is 0.101. The Labute approximate surface area is 243 Å². The first-order chi connectivity index (χ1) is 19.8. The summed E-state index contributed by atoms with van der Waals surface area (Å²) in [6.07, 6.45) is 16.8. The highest BCUT2D eigenvalue weighted by Crippen LogP contribution is 2.48. The van der Waals surface area contributed by atoms with E-state index in [0.29, 0.717) is 25.9 Å². The minimum absolute atomic E-state index is 0.0383. The van der Waals surface area contributed by atoms with Crippen molar-refractivity contribution in [2.75, 3.05) is 6.61 Å². The Kier molecular flexibility index (Phi) is 11.9. The molecule has 4 rings (SSSR count). The molecule has 0 spiro atoms. The Balaban J connectivity index is 1.29. The van der Waals surface area contributed by atoms with Crippen LogP contribution in [0.2, 0.25) is 0 Å². The first-order valence-electron chi connectivity index (χ1n) is 16.2. The Morgan fingerprint density at radius 2 is 1.56 bits per heavy atom. The molecule has 0 saturated heterocycles. The fourth-order valence-corrected chi connectivity index (χ4v) is 6.51. The number of ether oxygens (including phenoxy) is 1. The molecule has 0 radical (unpaired) electrons. The first kappa shape index (κ1) is 31.7. The highest BCUT2D eigenvalue weighted by Gasteiger charge is 2.47. The molecule has 1 fully saturated rings. The summed E-state index contributed by atoms with van der Waals surface area (Å²) in [6, 6.07) is 4.42. The van der Waals surface area contributed by atoms with E-state index in [1.165, 1.54) is 63.1 Å². The molecule has 41 heavy (non-hydrogen) atoms. The molecule has 0 aliphatic heterocycles. The zero-order chi connectivity index (χ0) is 29.2. The van der Waals surface area contributed by atoms with E-state index >= 15 is 13.2 Å². The van der Waals surface area contributed by atoms with Gasteiger partial charge in [0.2, 0.25) is 5.95 Å². The fourth-order valence-electron chi connectivity index (χ4n) is 6.51. The van der Waals surface area contributed by atoms with Gasteiger partial charge in [-0.1, -0.05) is 84.5 Å². The van der Waals surface area contributed by atoms with Gasteiger partial charge in [0.25, 0.3) is 11.9 Å². The molecular weight excluding hydrogens is 528 g/mol. The Morgan fingerprint density at radius 1 is 0.854 bits per heavy atom. The van der Waals surface area contributed by atoms with Gasteiger partial charge >= 0.3 is 0 Å². The number of alkyl halides is 2. The van der Waals surface area contributed by atoms with Crippen molar-refractivity contribution in [3.8, 4) is 17.1 Å². The molecule has 0 N–H and O–H groups in total. The van der Waals surface area contributed by atoms with Crippen LogP contribution in [-0.2, 0) is 12.3 Å². The van der Waals surface area contributed by atoms with Crippen LogP contribution in [0.3, 0.4) is 0 Å². The van der Waals surface area contributed by atoms with Crippen molar-refractivity contribution in [2.45, 2.75) is 129 Å². The van der Waals surface area contributed by atoms with Gasteiger partial charge in [-0.15, -0.1) is 0 Å². The molecule has 2 unspecified atom stereocenters. The number of pyridine rings is 2. The molecule has 2 atom stereocenters. The number of aromatic nitrogens is 2. The predicted molar refractivity (Wildman–Crippen MR) is 156 cm³/mol. The lowest BCUT2D eigenvalue weighted by atomic mass is 9.78. The molecule has 1 saturated carbocycles. The Morgan fingerprint density at radius 3 is 2.27 bits per heavy atom. The average molecular weight is 577 g/mol. The number of aryl methyl sites for hydroxylation is 1. The van der Waals surface area contributed by atoms with Crippen LogP contribution < -0.4 is 4.74 Å². The molecule has 3 nitrogen and oxygen atoms in total. The molecule has 2 heterocycles. The maximum absolute atomic E-state index is 15.4. The van der Waals surface area contributed by atoms with Crippen molar-refractivity contribution in [3.63, 3.8) is 0 Å². The van der Waals surface area contributed by atoms with E-state index < -0.39 is 29.3 Å². The second-order valence-electron chi connectivity index (χ2n) is 12.3. The summed E-state index contributed by atoms with van der Waals surface area (Å²) in [5, 5.41) is 0. The van der Waals surface area contributed by atoms with E-state index in [1.54, 1.807) is 0 Å². The summed E-state index contributed by atoms with van der Waals surface area (Å²) in [6.45, 7) is 4.84. The highest BCUT2D eigenvalue weighted by atomic mass is 19.3. The lowest BCUT2D eigenvalue weighted by Crippen LogP contribution is -2.33. The summed E-state index contributed by atoms with van der Waals surface area (Å²) in [5.41, 5.74) is -0.184. The molecular formula is C34H48F4N2O.